The number of anilines is 1. The van der Waals surface area contributed by atoms with Crippen LogP contribution in [0, 0.1) is 0 Å². The summed E-state index contributed by atoms with van der Waals surface area (Å²) in [7, 11) is -0.993. The van der Waals surface area contributed by atoms with Crippen molar-refractivity contribution in [3.8, 4) is 5.75 Å². The molecule has 1 heterocycles. The van der Waals surface area contributed by atoms with Gasteiger partial charge in [0.2, 0.25) is 0 Å². The van der Waals surface area contributed by atoms with Gasteiger partial charge >= 0.3 is 6.61 Å². The fourth-order valence-electron chi connectivity index (χ4n) is 1.65. The lowest BCUT2D eigenvalue weighted by Crippen LogP contribution is -2.04. The summed E-state index contributed by atoms with van der Waals surface area (Å²) in [4.78, 5) is 4.74. The lowest BCUT2D eigenvalue weighted by atomic mass is 10.2. The molecule has 0 aliphatic heterocycles. The molecular weight excluding hydrogens is 298 g/mol. The molecule has 0 radical (unpaired) electrons. The van der Waals surface area contributed by atoms with Gasteiger partial charge in [0.15, 0.2) is 0 Å². The van der Waals surface area contributed by atoms with Crippen LogP contribution in [0.25, 0.3) is 0 Å². The topological polar surface area (TPSA) is 51.2 Å². The molecule has 112 valence electrons. The Morgan fingerprint density at radius 3 is 2.48 bits per heavy atom. The van der Waals surface area contributed by atoms with Gasteiger partial charge in [-0.05, 0) is 29.8 Å². The second-order valence-electron chi connectivity index (χ2n) is 4.21. The normalized spacial score (nSPS) is 12.2. The van der Waals surface area contributed by atoms with Gasteiger partial charge in [-0.25, -0.2) is 4.98 Å². The molecule has 4 nitrogen and oxygen atoms in total. The van der Waals surface area contributed by atoms with Gasteiger partial charge < -0.3 is 10.1 Å². The van der Waals surface area contributed by atoms with Gasteiger partial charge in [0.1, 0.15) is 11.6 Å². The minimum absolute atomic E-state index is 0.0188. The Balaban J connectivity index is 1.91. The zero-order valence-electron chi connectivity index (χ0n) is 11.3. The molecule has 0 saturated carbocycles. The van der Waals surface area contributed by atoms with Crippen LogP contribution < -0.4 is 10.1 Å². The molecule has 0 aliphatic carbocycles. The SMILES string of the molecule is C[S@@](=O)c1ccc(CNc2ccc(OC(F)F)cn2)cc1. The molecule has 0 fully saturated rings. The van der Waals surface area contributed by atoms with E-state index in [1.54, 1.807) is 24.5 Å². The number of nitrogens with one attached hydrogen (secondary N) is 1. The number of aromatic nitrogens is 1. The van der Waals surface area contributed by atoms with Crippen molar-refractivity contribution in [3.05, 3.63) is 48.2 Å². The number of ether oxygens (including phenoxy) is 1. The van der Waals surface area contributed by atoms with Crippen molar-refractivity contribution >= 4 is 16.6 Å². The van der Waals surface area contributed by atoms with E-state index in [4.69, 9.17) is 0 Å². The molecule has 21 heavy (non-hydrogen) atoms. The Kier molecular flexibility index (Phi) is 5.21. The van der Waals surface area contributed by atoms with Crippen LogP contribution in [0.1, 0.15) is 5.56 Å². The maximum Gasteiger partial charge on any atom is 0.387 e. The number of pyridine rings is 1. The van der Waals surface area contributed by atoms with Crippen molar-refractivity contribution in [1.82, 2.24) is 4.98 Å². The van der Waals surface area contributed by atoms with Crippen LogP contribution in [0.15, 0.2) is 47.5 Å². The van der Waals surface area contributed by atoms with Crippen molar-refractivity contribution < 1.29 is 17.7 Å². The van der Waals surface area contributed by atoms with Gasteiger partial charge in [0.25, 0.3) is 0 Å². The number of halogens is 2. The molecular formula is C14H14F2N2O2S. The van der Waals surface area contributed by atoms with Gasteiger partial charge in [-0.1, -0.05) is 12.1 Å². The van der Waals surface area contributed by atoms with E-state index in [0.717, 1.165) is 10.5 Å². The zero-order valence-corrected chi connectivity index (χ0v) is 12.1. The van der Waals surface area contributed by atoms with E-state index in [1.807, 2.05) is 12.1 Å². The van der Waals surface area contributed by atoms with Gasteiger partial charge in [-0.15, -0.1) is 0 Å². The standard InChI is InChI=1S/C14H14F2N2O2S/c1-21(19)12-5-2-10(3-6-12)8-17-13-7-4-11(9-18-13)20-14(15)16/h2-7,9,14H,8H2,1H3,(H,17,18)/t21-/m1/s1. The third kappa shape index (κ3) is 4.78. The molecule has 0 unspecified atom stereocenters. The molecule has 0 aliphatic rings. The van der Waals surface area contributed by atoms with Gasteiger partial charge in [-0.3, -0.25) is 4.21 Å². The summed E-state index contributed by atoms with van der Waals surface area (Å²) in [6, 6.07) is 10.3. The Hall–Kier alpha value is -2.02. The Bertz CT molecular complexity index is 603. The second kappa shape index (κ2) is 7.12. The largest absolute Gasteiger partial charge is 0.433 e. The molecule has 1 aromatic carbocycles. The number of benzene rings is 1. The molecule has 0 amide bonds. The predicted molar refractivity (Wildman–Crippen MR) is 77.0 cm³/mol. The molecule has 7 heteroatoms. The van der Waals surface area contributed by atoms with Gasteiger partial charge in [-0.2, -0.15) is 8.78 Å². The highest BCUT2D eigenvalue weighted by Gasteiger charge is 2.04. The van der Waals surface area contributed by atoms with Crippen molar-refractivity contribution in [3.63, 3.8) is 0 Å². The second-order valence-corrected chi connectivity index (χ2v) is 5.59. The van der Waals surface area contributed by atoms with E-state index >= 15 is 0 Å². The summed E-state index contributed by atoms with van der Waals surface area (Å²) < 4.78 is 39.5. The van der Waals surface area contributed by atoms with Crippen LogP contribution in [0.2, 0.25) is 0 Å². The quantitative estimate of drug-likeness (QED) is 0.891. The van der Waals surface area contributed by atoms with Crippen molar-refractivity contribution in [2.24, 2.45) is 0 Å². The summed E-state index contributed by atoms with van der Waals surface area (Å²) in [5, 5.41) is 3.06. The van der Waals surface area contributed by atoms with E-state index < -0.39 is 17.4 Å². The van der Waals surface area contributed by atoms with Crippen molar-refractivity contribution in [2.75, 3.05) is 11.6 Å². The molecule has 0 spiro atoms. The molecule has 1 atom stereocenters. The van der Waals surface area contributed by atoms with Crippen LogP contribution in [-0.4, -0.2) is 22.1 Å². The van der Waals surface area contributed by atoms with Crippen molar-refractivity contribution in [1.29, 1.82) is 0 Å². The molecule has 1 N–H and O–H groups in total. The summed E-state index contributed by atoms with van der Waals surface area (Å²) in [5.41, 5.74) is 0.999. The van der Waals surface area contributed by atoms with Crippen LogP contribution in [0.5, 0.6) is 5.75 Å². The van der Waals surface area contributed by atoms with E-state index in [9.17, 15) is 13.0 Å². The van der Waals surface area contributed by atoms with Crippen LogP contribution in [0.3, 0.4) is 0 Å². The zero-order chi connectivity index (χ0) is 15.2. The van der Waals surface area contributed by atoms with E-state index in [0.29, 0.717) is 12.4 Å². The minimum Gasteiger partial charge on any atom is -0.433 e. The highest BCUT2D eigenvalue weighted by atomic mass is 32.2. The van der Waals surface area contributed by atoms with E-state index in [2.05, 4.69) is 15.0 Å². The van der Waals surface area contributed by atoms with Crippen molar-refractivity contribution in [2.45, 2.75) is 18.1 Å². The summed E-state index contributed by atoms with van der Waals surface area (Å²) >= 11 is 0. The predicted octanol–water partition coefficient (Wildman–Crippen LogP) is 3.03. The van der Waals surface area contributed by atoms with Crippen LogP contribution in [-0.2, 0) is 17.3 Å². The average Bonchev–Trinajstić information content (AvgIpc) is 2.46. The van der Waals surface area contributed by atoms with Crippen LogP contribution in [0.4, 0.5) is 14.6 Å². The fourth-order valence-corrected chi connectivity index (χ4v) is 2.17. The fraction of sp³-hybridized carbons (Fsp3) is 0.214. The Morgan fingerprint density at radius 2 is 1.95 bits per heavy atom. The van der Waals surface area contributed by atoms with E-state index in [-0.39, 0.29) is 5.75 Å². The van der Waals surface area contributed by atoms with Crippen LogP contribution >= 0.6 is 0 Å². The number of nitrogens with zero attached hydrogens (tertiary/aromatic N) is 1. The first kappa shape index (κ1) is 15.4. The average molecular weight is 312 g/mol. The summed E-state index contributed by atoms with van der Waals surface area (Å²) in [6.45, 7) is -2.33. The Labute approximate surface area is 123 Å². The summed E-state index contributed by atoms with van der Waals surface area (Å²) in [5.74, 6) is 0.574. The molecule has 0 bridgehead atoms. The lowest BCUT2D eigenvalue weighted by molar-refractivity contribution is -0.0500. The van der Waals surface area contributed by atoms with E-state index in [1.165, 1.54) is 12.3 Å². The third-order valence-electron chi connectivity index (χ3n) is 2.69. The van der Waals surface area contributed by atoms with Gasteiger partial charge in [0.05, 0.1) is 6.20 Å². The lowest BCUT2D eigenvalue weighted by Gasteiger charge is -2.08. The highest BCUT2D eigenvalue weighted by Crippen LogP contribution is 2.15. The maximum absolute atomic E-state index is 12.0. The minimum atomic E-state index is -2.85. The first-order chi connectivity index (χ1) is 10.0. The molecule has 2 rings (SSSR count). The number of rotatable bonds is 6. The Morgan fingerprint density at radius 1 is 1.24 bits per heavy atom. The number of alkyl halides is 2. The third-order valence-corrected chi connectivity index (χ3v) is 3.63. The first-order valence-electron chi connectivity index (χ1n) is 6.11. The maximum atomic E-state index is 12.0. The number of hydrogen-bond acceptors (Lipinski definition) is 4. The molecule has 2 aromatic rings. The molecule has 0 saturated heterocycles. The number of hydrogen-bond donors (Lipinski definition) is 1. The first-order valence-corrected chi connectivity index (χ1v) is 7.67. The monoisotopic (exact) mass is 312 g/mol. The summed E-state index contributed by atoms with van der Waals surface area (Å²) in [6.07, 6.45) is 2.86. The smallest absolute Gasteiger partial charge is 0.387 e. The highest BCUT2D eigenvalue weighted by molar-refractivity contribution is 7.84. The molecule has 1 aromatic heterocycles. The van der Waals surface area contributed by atoms with Gasteiger partial charge in [0, 0.05) is 28.5 Å².